The summed E-state index contributed by atoms with van der Waals surface area (Å²) in [7, 11) is 0. The number of carboxylic acid groups (broad SMARTS) is 1. The molecule has 1 aromatic carbocycles. The number of halogens is 2. The molecule has 0 amide bonds. The number of carboxylic acids is 1. The van der Waals surface area contributed by atoms with Crippen molar-refractivity contribution in [2.45, 2.75) is 13.5 Å². The minimum Gasteiger partial charge on any atom is -0.478 e. The molecule has 0 saturated heterocycles. The van der Waals surface area contributed by atoms with Gasteiger partial charge in [-0.1, -0.05) is 11.6 Å². The van der Waals surface area contributed by atoms with Gasteiger partial charge in [-0.05, 0) is 47.1 Å². The highest BCUT2D eigenvalue weighted by molar-refractivity contribution is 9.10. The molecule has 0 spiro atoms. The molecule has 2 N–H and O–H groups in total. The van der Waals surface area contributed by atoms with Gasteiger partial charge in [-0.25, -0.2) is 4.79 Å². The molecule has 0 aliphatic heterocycles. The molecule has 0 radical (unpaired) electrons. The number of hydrogen-bond donors (Lipinski definition) is 2. The van der Waals surface area contributed by atoms with Crippen molar-refractivity contribution in [2.24, 2.45) is 0 Å². The number of thiophene rings is 1. The van der Waals surface area contributed by atoms with Gasteiger partial charge in [0.05, 0.1) is 10.6 Å². The number of hydrogen-bond acceptors (Lipinski definition) is 3. The van der Waals surface area contributed by atoms with E-state index in [4.69, 9.17) is 16.7 Å². The van der Waals surface area contributed by atoms with Crippen LogP contribution < -0.4 is 5.32 Å². The summed E-state index contributed by atoms with van der Waals surface area (Å²) in [6.07, 6.45) is 0. The van der Waals surface area contributed by atoms with E-state index in [0.29, 0.717) is 6.54 Å². The van der Waals surface area contributed by atoms with Crippen LogP contribution in [0.25, 0.3) is 0 Å². The lowest BCUT2D eigenvalue weighted by Crippen LogP contribution is -2.01. The van der Waals surface area contributed by atoms with E-state index in [0.717, 1.165) is 10.2 Å². The first-order valence-corrected chi connectivity index (χ1v) is 7.47. The molecular formula is C13H11BrClNO2S. The summed E-state index contributed by atoms with van der Waals surface area (Å²) in [6.45, 7) is 2.70. The Balaban J connectivity index is 2.11. The largest absolute Gasteiger partial charge is 0.478 e. The maximum absolute atomic E-state index is 11.0. The normalized spacial score (nSPS) is 10.5. The molecule has 6 heteroatoms. The lowest BCUT2D eigenvalue weighted by molar-refractivity contribution is 0.0697. The van der Waals surface area contributed by atoms with Crippen LogP contribution in [0.15, 0.2) is 28.7 Å². The van der Waals surface area contributed by atoms with Crippen molar-refractivity contribution in [1.29, 1.82) is 0 Å². The molecule has 0 bridgehead atoms. The SMILES string of the molecule is Cc1sc(CNc2ccc(Cl)c(C(=O)O)c2)cc1Br. The van der Waals surface area contributed by atoms with E-state index in [9.17, 15) is 4.79 Å². The predicted octanol–water partition coefficient (Wildman–Crippen LogP) is 4.78. The first-order chi connectivity index (χ1) is 8.97. The molecule has 0 aliphatic carbocycles. The van der Waals surface area contributed by atoms with Crippen molar-refractivity contribution in [3.8, 4) is 0 Å². The van der Waals surface area contributed by atoms with Crippen LogP contribution in [0.1, 0.15) is 20.1 Å². The Labute approximate surface area is 128 Å². The van der Waals surface area contributed by atoms with Gasteiger partial charge in [-0.3, -0.25) is 0 Å². The van der Waals surface area contributed by atoms with Crippen LogP contribution in [0, 0.1) is 6.92 Å². The third kappa shape index (κ3) is 3.49. The van der Waals surface area contributed by atoms with Gasteiger partial charge in [0.15, 0.2) is 0 Å². The van der Waals surface area contributed by atoms with Crippen molar-refractivity contribution in [3.05, 3.63) is 49.1 Å². The number of aryl methyl sites for hydroxylation is 1. The Hall–Kier alpha value is -1.04. The molecule has 100 valence electrons. The molecule has 0 atom stereocenters. The second-order valence-electron chi connectivity index (χ2n) is 3.97. The van der Waals surface area contributed by atoms with Crippen molar-refractivity contribution in [3.63, 3.8) is 0 Å². The van der Waals surface area contributed by atoms with Crippen LogP contribution >= 0.6 is 38.9 Å². The summed E-state index contributed by atoms with van der Waals surface area (Å²) in [6, 6.07) is 6.95. The van der Waals surface area contributed by atoms with Gasteiger partial charge in [0.2, 0.25) is 0 Å². The van der Waals surface area contributed by atoms with Crippen LogP contribution in [-0.4, -0.2) is 11.1 Å². The molecule has 19 heavy (non-hydrogen) atoms. The monoisotopic (exact) mass is 359 g/mol. The molecular weight excluding hydrogens is 350 g/mol. The van der Waals surface area contributed by atoms with Crippen LogP contribution in [0.3, 0.4) is 0 Å². The van der Waals surface area contributed by atoms with Crippen LogP contribution in [-0.2, 0) is 6.54 Å². The van der Waals surface area contributed by atoms with Crippen molar-refractivity contribution in [2.75, 3.05) is 5.32 Å². The standard InChI is InChI=1S/C13H11BrClNO2S/c1-7-11(14)5-9(19-7)6-16-8-2-3-12(15)10(4-8)13(17)18/h2-5,16H,6H2,1H3,(H,17,18). The minimum atomic E-state index is -1.02. The average molecular weight is 361 g/mol. The van der Waals surface area contributed by atoms with E-state index < -0.39 is 5.97 Å². The van der Waals surface area contributed by atoms with E-state index in [1.54, 1.807) is 29.5 Å². The zero-order chi connectivity index (χ0) is 14.0. The summed E-state index contributed by atoms with van der Waals surface area (Å²) < 4.78 is 1.09. The number of anilines is 1. The van der Waals surface area contributed by atoms with Crippen LogP contribution in [0.2, 0.25) is 5.02 Å². The summed E-state index contributed by atoms with van der Waals surface area (Å²) >= 11 is 11.0. The van der Waals surface area contributed by atoms with Crippen molar-refractivity contribution >= 4 is 50.5 Å². The first-order valence-electron chi connectivity index (χ1n) is 5.49. The van der Waals surface area contributed by atoms with Gasteiger partial charge in [-0.2, -0.15) is 0 Å². The third-order valence-corrected chi connectivity index (χ3v) is 5.04. The highest BCUT2D eigenvalue weighted by Gasteiger charge is 2.09. The Morgan fingerprint density at radius 3 is 2.79 bits per heavy atom. The van der Waals surface area contributed by atoms with Gasteiger partial charge in [0.25, 0.3) is 0 Å². The number of carbonyl (C=O) groups is 1. The van der Waals surface area contributed by atoms with E-state index in [1.807, 2.05) is 6.92 Å². The van der Waals surface area contributed by atoms with E-state index >= 15 is 0 Å². The van der Waals surface area contributed by atoms with Crippen molar-refractivity contribution < 1.29 is 9.90 Å². The van der Waals surface area contributed by atoms with E-state index in [-0.39, 0.29) is 10.6 Å². The highest BCUT2D eigenvalue weighted by Crippen LogP contribution is 2.27. The average Bonchev–Trinajstić information content (AvgIpc) is 2.67. The first kappa shape index (κ1) is 14.4. The Kier molecular flexibility index (Phi) is 4.50. The molecule has 0 aliphatic rings. The van der Waals surface area contributed by atoms with E-state index in [2.05, 4.69) is 27.3 Å². The number of nitrogens with one attached hydrogen (secondary N) is 1. The fourth-order valence-electron chi connectivity index (χ4n) is 1.59. The lowest BCUT2D eigenvalue weighted by Gasteiger charge is -2.07. The fourth-order valence-corrected chi connectivity index (χ4v) is 3.33. The lowest BCUT2D eigenvalue weighted by atomic mass is 10.2. The van der Waals surface area contributed by atoms with Gasteiger partial charge in [-0.15, -0.1) is 11.3 Å². The zero-order valence-corrected chi connectivity index (χ0v) is 13.2. The molecule has 0 unspecified atom stereocenters. The third-order valence-electron chi connectivity index (χ3n) is 2.57. The molecule has 0 saturated carbocycles. The van der Waals surface area contributed by atoms with Gasteiger partial charge in [0.1, 0.15) is 0 Å². The molecule has 3 nitrogen and oxygen atoms in total. The van der Waals surface area contributed by atoms with E-state index in [1.165, 1.54) is 9.75 Å². The molecule has 2 aromatic rings. The number of benzene rings is 1. The molecule has 1 aromatic heterocycles. The van der Waals surface area contributed by atoms with Gasteiger partial charge in [0, 0.05) is 26.5 Å². The molecule has 2 rings (SSSR count). The minimum absolute atomic E-state index is 0.107. The number of aromatic carboxylic acids is 1. The topological polar surface area (TPSA) is 49.3 Å². The van der Waals surface area contributed by atoms with Gasteiger partial charge < -0.3 is 10.4 Å². The summed E-state index contributed by atoms with van der Waals surface area (Å²) in [5.41, 5.74) is 0.846. The molecule has 0 fully saturated rings. The Morgan fingerprint density at radius 1 is 1.47 bits per heavy atom. The predicted molar refractivity (Wildman–Crippen MR) is 82.5 cm³/mol. The number of rotatable bonds is 4. The van der Waals surface area contributed by atoms with Gasteiger partial charge >= 0.3 is 5.97 Å². The quantitative estimate of drug-likeness (QED) is 0.824. The van der Waals surface area contributed by atoms with Crippen molar-refractivity contribution in [1.82, 2.24) is 0 Å². The molecule has 1 heterocycles. The highest BCUT2D eigenvalue weighted by atomic mass is 79.9. The maximum Gasteiger partial charge on any atom is 0.337 e. The van der Waals surface area contributed by atoms with Crippen LogP contribution in [0.4, 0.5) is 5.69 Å². The summed E-state index contributed by atoms with van der Waals surface area (Å²) in [5, 5.41) is 12.4. The second-order valence-corrected chi connectivity index (χ2v) is 6.57. The Bertz CT molecular complexity index is 608. The smallest absolute Gasteiger partial charge is 0.337 e. The van der Waals surface area contributed by atoms with Crippen LogP contribution in [0.5, 0.6) is 0 Å². The summed E-state index contributed by atoms with van der Waals surface area (Å²) in [4.78, 5) is 13.4. The summed E-state index contributed by atoms with van der Waals surface area (Å²) in [5.74, 6) is -1.02. The second kappa shape index (κ2) is 5.94. The zero-order valence-electron chi connectivity index (χ0n) is 10.0. The Morgan fingerprint density at radius 2 is 2.21 bits per heavy atom. The maximum atomic E-state index is 11.0. The fraction of sp³-hybridized carbons (Fsp3) is 0.154.